The Kier molecular flexibility index (Phi) is 3.71. The van der Waals surface area contributed by atoms with E-state index in [1.807, 2.05) is 30.3 Å². The number of ether oxygens (including phenoxy) is 2. The molecular weight excluding hydrogens is 266 g/mol. The molecular formula is C17H19NO3. The highest BCUT2D eigenvalue weighted by Crippen LogP contribution is 2.34. The van der Waals surface area contributed by atoms with Crippen molar-refractivity contribution in [2.75, 3.05) is 12.8 Å². The van der Waals surface area contributed by atoms with Gasteiger partial charge in [0.05, 0.1) is 18.9 Å². The number of methoxy groups -OCH3 is 1. The normalized spacial score (nSPS) is 15.5. The summed E-state index contributed by atoms with van der Waals surface area (Å²) in [5, 5.41) is 10.5. The fraction of sp³-hybridized carbons (Fsp3) is 0.294. The molecule has 3 N–H and O–H groups in total. The predicted molar refractivity (Wildman–Crippen MR) is 81.6 cm³/mol. The summed E-state index contributed by atoms with van der Waals surface area (Å²) in [6, 6.07) is 12.9. The molecule has 0 spiro atoms. The number of anilines is 1. The van der Waals surface area contributed by atoms with Gasteiger partial charge in [-0.15, -0.1) is 0 Å². The third-order valence-corrected chi connectivity index (χ3v) is 3.64. The van der Waals surface area contributed by atoms with E-state index < -0.39 is 6.10 Å². The quantitative estimate of drug-likeness (QED) is 0.829. The van der Waals surface area contributed by atoms with Crippen molar-refractivity contribution in [1.29, 1.82) is 0 Å². The highest BCUT2D eigenvalue weighted by molar-refractivity contribution is 5.60. The van der Waals surface area contributed by atoms with E-state index in [1.54, 1.807) is 19.2 Å². The molecule has 1 atom stereocenters. The zero-order chi connectivity index (χ0) is 14.8. The molecule has 1 aliphatic rings. The summed E-state index contributed by atoms with van der Waals surface area (Å²) in [5.74, 6) is 1.41. The van der Waals surface area contributed by atoms with Gasteiger partial charge < -0.3 is 20.3 Å². The van der Waals surface area contributed by atoms with Crippen LogP contribution in [0.1, 0.15) is 30.1 Å². The number of hydrogen-bond donors (Lipinski definition) is 2. The summed E-state index contributed by atoms with van der Waals surface area (Å²) in [6.45, 7) is 0. The van der Waals surface area contributed by atoms with Crippen molar-refractivity contribution in [3.8, 4) is 11.5 Å². The molecule has 0 amide bonds. The first-order valence-corrected chi connectivity index (χ1v) is 7.06. The molecule has 1 saturated carbocycles. The number of nitrogens with two attached hydrogens (primary N) is 1. The number of hydrogen-bond acceptors (Lipinski definition) is 4. The van der Waals surface area contributed by atoms with Crippen LogP contribution in [0.3, 0.4) is 0 Å². The maximum absolute atomic E-state index is 10.5. The summed E-state index contributed by atoms with van der Waals surface area (Å²) in [6.07, 6.45) is 1.85. The lowest BCUT2D eigenvalue weighted by atomic mass is 9.99. The maximum Gasteiger partial charge on any atom is 0.142 e. The summed E-state index contributed by atoms with van der Waals surface area (Å²) in [4.78, 5) is 0. The first kappa shape index (κ1) is 13.8. The second kappa shape index (κ2) is 5.66. The summed E-state index contributed by atoms with van der Waals surface area (Å²) in [5.41, 5.74) is 7.91. The molecule has 0 radical (unpaired) electrons. The fourth-order valence-corrected chi connectivity index (χ4v) is 2.26. The van der Waals surface area contributed by atoms with Crippen LogP contribution in [-0.4, -0.2) is 18.3 Å². The molecule has 0 aromatic heterocycles. The smallest absolute Gasteiger partial charge is 0.142 e. The number of aliphatic hydroxyl groups excluding tert-OH is 1. The lowest BCUT2D eigenvalue weighted by Gasteiger charge is -2.16. The molecule has 21 heavy (non-hydrogen) atoms. The van der Waals surface area contributed by atoms with Crippen molar-refractivity contribution in [3.63, 3.8) is 0 Å². The highest BCUT2D eigenvalue weighted by Gasteiger charge is 2.23. The van der Waals surface area contributed by atoms with Crippen molar-refractivity contribution in [3.05, 3.63) is 53.6 Å². The zero-order valence-corrected chi connectivity index (χ0v) is 12.0. The molecule has 110 valence electrons. The minimum atomic E-state index is -0.782. The Labute approximate surface area is 124 Å². The lowest BCUT2D eigenvalue weighted by molar-refractivity contribution is 0.220. The molecule has 0 heterocycles. The molecule has 0 aliphatic heterocycles. The van der Waals surface area contributed by atoms with Crippen LogP contribution in [-0.2, 0) is 0 Å². The van der Waals surface area contributed by atoms with Crippen LogP contribution < -0.4 is 15.2 Å². The van der Waals surface area contributed by atoms with E-state index in [-0.39, 0.29) is 0 Å². The van der Waals surface area contributed by atoms with Crippen LogP contribution in [0, 0.1) is 0 Å². The van der Waals surface area contributed by atoms with E-state index in [9.17, 15) is 5.11 Å². The minimum absolute atomic E-state index is 0.370. The standard InChI is InChI=1S/C17H19NO3/c1-20-15-4-2-3-14(16(15)18)17(19)11-5-7-12(8-6-11)21-13-9-10-13/h2-8,13,17,19H,9-10,18H2,1H3. The van der Waals surface area contributed by atoms with E-state index in [0.29, 0.717) is 23.1 Å². The van der Waals surface area contributed by atoms with Crippen LogP contribution in [0.25, 0.3) is 0 Å². The van der Waals surface area contributed by atoms with E-state index in [0.717, 1.165) is 24.2 Å². The molecule has 2 aromatic carbocycles. The third kappa shape index (κ3) is 2.95. The Hall–Kier alpha value is -2.20. The van der Waals surface area contributed by atoms with Crippen molar-refractivity contribution in [2.45, 2.75) is 25.0 Å². The van der Waals surface area contributed by atoms with E-state index in [1.165, 1.54) is 0 Å². The van der Waals surface area contributed by atoms with Crippen molar-refractivity contribution >= 4 is 5.69 Å². The van der Waals surface area contributed by atoms with Gasteiger partial charge in [-0.25, -0.2) is 0 Å². The van der Waals surface area contributed by atoms with Crippen LogP contribution in [0.4, 0.5) is 5.69 Å². The average Bonchev–Trinajstić information content (AvgIpc) is 3.32. The van der Waals surface area contributed by atoms with Gasteiger partial charge in [0.15, 0.2) is 0 Å². The molecule has 0 bridgehead atoms. The molecule has 1 fully saturated rings. The van der Waals surface area contributed by atoms with Crippen LogP contribution in [0.2, 0.25) is 0 Å². The highest BCUT2D eigenvalue weighted by atomic mass is 16.5. The Morgan fingerprint density at radius 3 is 2.48 bits per heavy atom. The Bertz CT molecular complexity index is 620. The second-order valence-electron chi connectivity index (χ2n) is 5.25. The van der Waals surface area contributed by atoms with Crippen LogP contribution in [0.15, 0.2) is 42.5 Å². The number of aliphatic hydroxyl groups is 1. The summed E-state index contributed by atoms with van der Waals surface area (Å²) in [7, 11) is 1.56. The van der Waals surface area contributed by atoms with Crippen LogP contribution in [0.5, 0.6) is 11.5 Å². The van der Waals surface area contributed by atoms with Crippen molar-refractivity contribution < 1.29 is 14.6 Å². The van der Waals surface area contributed by atoms with E-state index in [2.05, 4.69) is 0 Å². The van der Waals surface area contributed by atoms with Crippen molar-refractivity contribution in [2.24, 2.45) is 0 Å². The Balaban J connectivity index is 1.82. The summed E-state index contributed by atoms with van der Waals surface area (Å²) < 4.78 is 10.9. The zero-order valence-electron chi connectivity index (χ0n) is 12.0. The van der Waals surface area contributed by atoms with E-state index >= 15 is 0 Å². The summed E-state index contributed by atoms with van der Waals surface area (Å²) >= 11 is 0. The minimum Gasteiger partial charge on any atom is -0.495 e. The Morgan fingerprint density at radius 1 is 1.14 bits per heavy atom. The monoisotopic (exact) mass is 285 g/mol. The molecule has 4 heteroatoms. The number of rotatable bonds is 5. The Morgan fingerprint density at radius 2 is 1.86 bits per heavy atom. The number of para-hydroxylation sites is 1. The van der Waals surface area contributed by atoms with Gasteiger partial charge >= 0.3 is 0 Å². The topological polar surface area (TPSA) is 64.7 Å². The molecule has 4 nitrogen and oxygen atoms in total. The second-order valence-corrected chi connectivity index (χ2v) is 5.25. The number of benzene rings is 2. The van der Waals surface area contributed by atoms with Gasteiger partial charge in [0.25, 0.3) is 0 Å². The molecule has 0 saturated heterocycles. The first-order chi connectivity index (χ1) is 10.2. The van der Waals surface area contributed by atoms with Gasteiger partial charge in [0.1, 0.15) is 17.6 Å². The average molecular weight is 285 g/mol. The molecule has 1 unspecified atom stereocenters. The molecule has 3 rings (SSSR count). The van der Waals surface area contributed by atoms with Gasteiger partial charge in [-0.05, 0) is 36.6 Å². The first-order valence-electron chi connectivity index (χ1n) is 7.06. The third-order valence-electron chi connectivity index (χ3n) is 3.64. The molecule has 1 aliphatic carbocycles. The lowest BCUT2D eigenvalue weighted by Crippen LogP contribution is -2.05. The molecule has 2 aromatic rings. The van der Waals surface area contributed by atoms with Crippen molar-refractivity contribution in [1.82, 2.24) is 0 Å². The maximum atomic E-state index is 10.5. The van der Waals surface area contributed by atoms with Gasteiger partial charge in [0, 0.05) is 5.56 Å². The SMILES string of the molecule is COc1cccc(C(O)c2ccc(OC3CC3)cc2)c1N. The fourth-order valence-electron chi connectivity index (χ4n) is 2.26. The number of nitrogen functional groups attached to an aromatic ring is 1. The van der Waals surface area contributed by atoms with Gasteiger partial charge in [-0.1, -0.05) is 24.3 Å². The van der Waals surface area contributed by atoms with Gasteiger partial charge in [0.2, 0.25) is 0 Å². The van der Waals surface area contributed by atoms with Crippen LogP contribution >= 0.6 is 0 Å². The van der Waals surface area contributed by atoms with Gasteiger partial charge in [-0.3, -0.25) is 0 Å². The van der Waals surface area contributed by atoms with E-state index in [4.69, 9.17) is 15.2 Å². The predicted octanol–water partition coefficient (Wildman–Crippen LogP) is 2.90. The largest absolute Gasteiger partial charge is 0.495 e. The van der Waals surface area contributed by atoms with Gasteiger partial charge in [-0.2, -0.15) is 0 Å².